The highest BCUT2D eigenvalue weighted by Gasteiger charge is 2.04. The minimum Gasteiger partial charge on any atom is -0.333 e. The first kappa shape index (κ1) is 14.1. The summed E-state index contributed by atoms with van der Waals surface area (Å²) in [5.41, 5.74) is 5.70. The number of nitrogens with one attached hydrogen (secondary N) is 1. The highest BCUT2D eigenvalue weighted by Crippen LogP contribution is 2.24. The normalized spacial score (nSPS) is 11.2. The van der Waals surface area contributed by atoms with E-state index in [1.807, 2.05) is 16.9 Å². The van der Waals surface area contributed by atoms with E-state index in [1.165, 1.54) is 11.1 Å². The molecule has 0 amide bonds. The van der Waals surface area contributed by atoms with E-state index in [-0.39, 0.29) is 0 Å². The van der Waals surface area contributed by atoms with Crippen molar-refractivity contribution in [3.05, 3.63) is 72.1 Å². The Bertz CT molecular complexity index is 923. The quantitative estimate of drug-likeness (QED) is 0.569. The Labute approximate surface area is 138 Å². The largest absolute Gasteiger partial charge is 0.333 e. The van der Waals surface area contributed by atoms with Gasteiger partial charge in [-0.25, -0.2) is 9.67 Å². The zero-order valence-corrected chi connectivity index (χ0v) is 13.5. The van der Waals surface area contributed by atoms with Gasteiger partial charge in [0.1, 0.15) is 0 Å². The van der Waals surface area contributed by atoms with Crippen molar-refractivity contribution in [1.82, 2.24) is 19.7 Å². The van der Waals surface area contributed by atoms with Gasteiger partial charge in [0.15, 0.2) is 5.16 Å². The third-order valence-corrected chi connectivity index (χ3v) is 4.64. The minimum absolute atomic E-state index is 0.887. The van der Waals surface area contributed by atoms with Crippen LogP contribution in [0.15, 0.2) is 66.1 Å². The summed E-state index contributed by atoms with van der Waals surface area (Å²) in [5.74, 6) is 0.887. The number of fused-ring (bicyclic) bond motifs is 1. The van der Waals surface area contributed by atoms with Gasteiger partial charge in [0.05, 0.1) is 16.7 Å². The van der Waals surface area contributed by atoms with Gasteiger partial charge in [-0.2, -0.15) is 5.10 Å². The van der Waals surface area contributed by atoms with Crippen LogP contribution in [0.1, 0.15) is 11.1 Å². The summed E-state index contributed by atoms with van der Waals surface area (Å²) in [6.45, 7) is 2.09. The van der Waals surface area contributed by atoms with Gasteiger partial charge in [-0.05, 0) is 48.4 Å². The summed E-state index contributed by atoms with van der Waals surface area (Å²) in [5, 5.41) is 5.20. The lowest BCUT2D eigenvalue weighted by Gasteiger charge is -2.03. The molecular formula is C18H16N4S. The molecule has 0 saturated heterocycles. The first-order chi connectivity index (χ1) is 11.3. The molecule has 4 rings (SSSR count). The van der Waals surface area contributed by atoms with Crippen LogP contribution in [0.5, 0.6) is 0 Å². The predicted molar refractivity (Wildman–Crippen MR) is 94.0 cm³/mol. The van der Waals surface area contributed by atoms with E-state index < -0.39 is 0 Å². The fourth-order valence-electron chi connectivity index (χ4n) is 2.49. The van der Waals surface area contributed by atoms with Crippen LogP contribution < -0.4 is 0 Å². The zero-order valence-electron chi connectivity index (χ0n) is 12.7. The molecule has 0 saturated carbocycles. The van der Waals surface area contributed by atoms with Gasteiger partial charge >= 0.3 is 0 Å². The average Bonchev–Trinajstić information content (AvgIpc) is 3.22. The lowest BCUT2D eigenvalue weighted by Crippen LogP contribution is -1.93. The molecule has 23 heavy (non-hydrogen) atoms. The number of aromatic amines is 1. The molecule has 0 bridgehead atoms. The van der Waals surface area contributed by atoms with Crippen LogP contribution >= 0.6 is 11.8 Å². The number of hydrogen-bond acceptors (Lipinski definition) is 3. The first-order valence-corrected chi connectivity index (χ1v) is 8.45. The molecule has 0 atom stereocenters. The number of aryl methyl sites for hydroxylation is 1. The summed E-state index contributed by atoms with van der Waals surface area (Å²) in [6, 6.07) is 16.7. The van der Waals surface area contributed by atoms with Crippen molar-refractivity contribution < 1.29 is 0 Å². The monoisotopic (exact) mass is 320 g/mol. The number of aromatic nitrogens is 4. The fraction of sp³-hybridized carbons (Fsp3) is 0.111. The van der Waals surface area contributed by atoms with Crippen molar-refractivity contribution in [3.8, 4) is 5.69 Å². The summed E-state index contributed by atoms with van der Waals surface area (Å²) in [6.07, 6.45) is 3.73. The average molecular weight is 320 g/mol. The molecule has 0 radical (unpaired) electrons. The number of thioether (sulfide) groups is 1. The van der Waals surface area contributed by atoms with Gasteiger partial charge in [-0.15, -0.1) is 0 Å². The fourth-order valence-corrected chi connectivity index (χ4v) is 3.33. The van der Waals surface area contributed by atoms with Crippen LogP contribution in [-0.4, -0.2) is 19.7 Å². The van der Waals surface area contributed by atoms with Gasteiger partial charge < -0.3 is 4.98 Å². The molecule has 0 aliphatic carbocycles. The molecule has 4 aromatic rings. The zero-order chi connectivity index (χ0) is 15.6. The molecule has 0 aliphatic rings. The van der Waals surface area contributed by atoms with Crippen molar-refractivity contribution in [1.29, 1.82) is 0 Å². The Morgan fingerprint density at radius 2 is 2.00 bits per heavy atom. The number of nitrogens with zero attached hydrogens (tertiary/aromatic N) is 3. The Kier molecular flexibility index (Phi) is 3.63. The molecule has 2 aromatic carbocycles. The smallest absolute Gasteiger partial charge is 0.166 e. The molecule has 0 fully saturated rings. The van der Waals surface area contributed by atoms with Crippen LogP contribution in [0.25, 0.3) is 16.7 Å². The second-order valence-electron chi connectivity index (χ2n) is 5.47. The number of hydrogen-bond donors (Lipinski definition) is 1. The molecule has 114 valence electrons. The van der Waals surface area contributed by atoms with Crippen molar-refractivity contribution in [2.75, 3.05) is 0 Å². The molecule has 5 heteroatoms. The molecule has 0 spiro atoms. The van der Waals surface area contributed by atoms with E-state index in [4.69, 9.17) is 0 Å². The molecule has 0 unspecified atom stereocenters. The Morgan fingerprint density at radius 3 is 2.78 bits per heavy atom. The maximum absolute atomic E-state index is 4.62. The second-order valence-corrected chi connectivity index (χ2v) is 6.43. The number of benzene rings is 2. The number of H-pyrrole nitrogens is 1. The van der Waals surface area contributed by atoms with E-state index in [0.717, 1.165) is 27.6 Å². The van der Waals surface area contributed by atoms with Crippen LogP contribution in [0.2, 0.25) is 0 Å². The third kappa shape index (κ3) is 3.00. The third-order valence-electron chi connectivity index (χ3n) is 3.70. The minimum atomic E-state index is 0.887. The van der Waals surface area contributed by atoms with Crippen LogP contribution in [-0.2, 0) is 5.75 Å². The Morgan fingerprint density at radius 1 is 1.13 bits per heavy atom. The topological polar surface area (TPSA) is 46.5 Å². The number of rotatable bonds is 4. The van der Waals surface area contributed by atoms with Gasteiger partial charge in [0.2, 0.25) is 0 Å². The highest BCUT2D eigenvalue weighted by molar-refractivity contribution is 7.98. The van der Waals surface area contributed by atoms with Crippen LogP contribution in [0, 0.1) is 6.92 Å². The molecular weight excluding hydrogens is 304 g/mol. The van der Waals surface area contributed by atoms with E-state index >= 15 is 0 Å². The number of imidazole rings is 1. The Hall–Kier alpha value is -2.53. The molecule has 0 aliphatic heterocycles. The molecule has 2 aromatic heterocycles. The van der Waals surface area contributed by atoms with Crippen LogP contribution in [0.4, 0.5) is 0 Å². The first-order valence-electron chi connectivity index (χ1n) is 7.46. The second kappa shape index (κ2) is 5.93. The maximum Gasteiger partial charge on any atom is 0.166 e. The standard InChI is InChI=1S/C18H16N4S/c1-13-3-8-16-17(11-13)21-18(20-16)23-12-14-4-6-15(7-5-14)22-10-2-9-19-22/h2-11H,12H2,1H3,(H,20,21). The SMILES string of the molecule is Cc1ccc2nc(SCc3ccc(-n4cccn4)cc3)[nH]c2c1. The summed E-state index contributed by atoms with van der Waals surface area (Å²) in [4.78, 5) is 8.00. The van der Waals surface area contributed by atoms with Gasteiger partial charge in [-0.3, -0.25) is 0 Å². The summed E-state index contributed by atoms with van der Waals surface area (Å²) in [7, 11) is 0. The highest BCUT2D eigenvalue weighted by atomic mass is 32.2. The van der Waals surface area contributed by atoms with Crippen molar-refractivity contribution in [3.63, 3.8) is 0 Å². The van der Waals surface area contributed by atoms with E-state index in [0.29, 0.717) is 0 Å². The van der Waals surface area contributed by atoms with E-state index in [9.17, 15) is 0 Å². The van der Waals surface area contributed by atoms with Gasteiger partial charge in [-0.1, -0.05) is 30.0 Å². The summed E-state index contributed by atoms with van der Waals surface area (Å²) < 4.78 is 1.86. The molecule has 1 N–H and O–H groups in total. The van der Waals surface area contributed by atoms with Crippen molar-refractivity contribution in [2.24, 2.45) is 0 Å². The van der Waals surface area contributed by atoms with Gasteiger partial charge in [0, 0.05) is 18.1 Å². The van der Waals surface area contributed by atoms with E-state index in [2.05, 4.69) is 64.5 Å². The lowest BCUT2D eigenvalue weighted by atomic mass is 10.2. The molecule has 2 heterocycles. The lowest BCUT2D eigenvalue weighted by molar-refractivity contribution is 0.880. The van der Waals surface area contributed by atoms with Crippen LogP contribution in [0.3, 0.4) is 0 Å². The van der Waals surface area contributed by atoms with Crippen molar-refractivity contribution in [2.45, 2.75) is 17.8 Å². The summed E-state index contributed by atoms with van der Waals surface area (Å²) >= 11 is 1.72. The molecule has 4 nitrogen and oxygen atoms in total. The van der Waals surface area contributed by atoms with Crippen molar-refractivity contribution >= 4 is 22.8 Å². The predicted octanol–water partition coefficient (Wildman–Crippen LogP) is 4.35. The van der Waals surface area contributed by atoms with Gasteiger partial charge in [0.25, 0.3) is 0 Å². The van der Waals surface area contributed by atoms with E-state index in [1.54, 1.807) is 18.0 Å². The maximum atomic E-state index is 4.62. The Balaban J connectivity index is 1.47.